The third kappa shape index (κ3) is 3.22. The van der Waals surface area contributed by atoms with Crippen molar-refractivity contribution in [3.8, 4) is 0 Å². The van der Waals surface area contributed by atoms with Crippen LogP contribution in [-0.4, -0.2) is 23.8 Å². The van der Waals surface area contributed by atoms with Crippen LogP contribution in [0.15, 0.2) is 60.7 Å². The first kappa shape index (κ1) is 14.0. The van der Waals surface area contributed by atoms with E-state index in [1.165, 1.54) is 19.3 Å². The molecule has 2 nitrogen and oxygen atoms in total. The second-order valence-corrected chi connectivity index (χ2v) is 5.64. The zero-order valence-corrected chi connectivity index (χ0v) is 12.2. The van der Waals surface area contributed by atoms with Crippen molar-refractivity contribution in [2.75, 3.05) is 13.1 Å². The van der Waals surface area contributed by atoms with Crippen molar-refractivity contribution in [2.24, 2.45) is 0 Å². The molecule has 0 spiro atoms. The number of nitrogens with zero attached hydrogens (tertiary/aromatic N) is 1. The van der Waals surface area contributed by atoms with Gasteiger partial charge in [-0.1, -0.05) is 67.1 Å². The number of likely N-dealkylation sites (tertiary alicyclic amines) is 1. The van der Waals surface area contributed by atoms with Crippen LogP contribution in [0.25, 0.3) is 0 Å². The maximum Gasteiger partial charge on any atom is 0.184 e. The quantitative estimate of drug-likeness (QED) is 0.785. The molecule has 108 valence electrons. The predicted molar refractivity (Wildman–Crippen MR) is 85.4 cm³/mol. The van der Waals surface area contributed by atoms with Crippen LogP contribution < -0.4 is 0 Å². The summed E-state index contributed by atoms with van der Waals surface area (Å²) in [7, 11) is 0. The first-order chi connectivity index (χ1) is 10.4. The Labute approximate surface area is 126 Å². The third-order valence-corrected chi connectivity index (χ3v) is 4.18. The van der Waals surface area contributed by atoms with Gasteiger partial charge in [0.2, 0.25) is 0 Å². The molecule has 0 aromatic heterocycles. The Bertz CT molecular complexity index is 573. The van der Waals surface area contributed by atoms with E-state index in [4.69, 9.17) is 0 Å². The molecule has 2 aromatic rings. The number of hydrogen-bond donors (Lipinski definition) is 0. The van der Waals surface area contributed by atoms with Crippen molar-refractivity contribution in [3.05, 3.63) is 71.8 Å². The fourth-order valence-electron chi connectivity index (χ4n) is 3.10. The molecule has 0 N–H and O–H groups in total. The maximum absolute atomic E-state index is 13.0. The number of carbonyl (C=O) groups is 1. The summed E-state index contributed by atoms with van der Waals surface area (Å²) in [4.78, 5) is 15.3. The predicted octanol–water partition coefficient (Wildman–Crippen LogP) is 4.10. The molecule has 1 saturated heterocycles. The molecule has 2 heteroatoms. The molecule has 0 aliphatic carbocycles. The van der Waals surface area contributed by atoms with Gasteiger partial charge in [-0.05, 0) is 31.5 Å². The highest BCUT2D eigenvalue weighted by atomic mass is 16.1. The van der Waals surface area contributed by atoms with Gasteiger partial charge in [-0.15, -0.1) is 0 Å². The van der Waals surface area contributed by atoms with E-state index in [0.717, 1.165) is 24.2 Å². The summed E-state index contributed by atoms with van der Waals surface area (Å²) in [6, 6.07) is 19.7. The largest absolute Gasteiger partial charge is 0.292 e. The lowest BCUT2D eigenvalue weighted by Gasteiger charge is -2.34. The van der Waals surface area contributed by atoms with E-state index in [2.05, 4.69) is 17.0 Å². The molecule has 0 saturated carbocycles. The Morgan fingerprint density at radius 3 is 2.00 bits per heavy atom. The van der Waals surface area contributed by atoms with Gasteiger partial charge < -0.3 is 0 Å². The van der Waals surface area contributed by atoms with Gasteiger partial charge in [-0.2, -0.15) is 0 Å². The molecular weight excluding hydrogens is 258 g/mol. The molecule has 1 fully saturated rings. The smallest absolute Gasteiger partial charge is 0.184 e. The number of benzene rings is 2. The van der Waals surface area contributed by atoms with Crippen LogP contribution in [0.1, 0.15) is 41.2 Å². The van der Waals surface area contributed by atoms with E-state index in [-0.39, 0.29) is 11.8 Å². The number of piperidine rings is 1. The summed E-state index contributed by atoms with van der Waals surface area (Å²) >= 11 is 0. The second-order valence-electron chi connectivity index (χ2n) is 5.64. The summed E-state index contributed by atoms with van der Waals surface area (Å²) in [5.41, 5.74) is 1.91. The van der Waals surface area contributed by atoms with Crippen LogP contribution in [0.2, 0.25) is 0 Å². The van der Waals surface area contributed by atoms with Gasteiger partial charge in [0.05, 0.1) is 6.04 Å². The highest BCUT2D eigenvalue weighted by Gasteiger charge is 2.29. The van der Waals surface area contributed by atoms with Crippen LogP contribution in [0, 0.1) is 0 Å². The van der Waals surface area contributed by atoms with Gasteiger partial charge in [-0.3, -0.25) is 9.69 Å². The van der Waals surface area contributed by atoms with Gasteiger partial charge in [0.15, 0.2) is 5.78 Å². The zero-order chi connectivity index (χ0) is 14.5. The van der Waals surface area contributed by atoms with Gasteiger partial charge in [0.1, 0.15) is 0 Å². The number of carbonyl (C=O) groups excluding carboxylic acids is 1. The van der Waals surface area contributed by atoms with Gasteiger partial charge in [0, 0.05) is 5.56 Å². The standard InChI is InChI=1S/C19H21NO/c21-19(17-12-6-2-7-13-17)18(16-10-4-1-5-11-16)20-14-8-3-9-15-20/h1-2,4-7,10-13,18H,3,8-9,14-15H2. The molecule has 1 heterocycles. The van der Waals surface area contributed by atoms with Crippen molar-refractivity contribution < 1.29 is 4.79 Å². The summed E-state index contributed by atoms with van der Waals surface area (Å²) in [5, 5.41) is 0. The molecule has 1 aliphatic heterocycles. The van der Waals surface area contributed by atoms with Crippen molar-refractivity contribution in [1.82, 2.24) is 4.90 Å². The average molecular weight is 279 g/mol. The van der Waals surface area contributed by atoms with Crippen LogP contribution in [0.5, 0.6) is 0 Å². The maximum atomic E-state index is 13.0. The summed E-state index contributed by atoms with van der Waals surface area (Å²) in [6.45, 7) is 2.02. The Morgan fingerprint density at radius 1 is 0.810 bits per heavy atom. The molecule has 1 unspecified atom stereocenters. The number of rotatable bonds is 4. The fourth-order valence-corrected chi connectivity index (χ4v) is 3.10. The first-order valence-corrected chi connectivity index (χ1v) is 7.74. The summed E-state index contributed by atoms with van der Waals surface area (Å²) < 4.78 is 0. The van der Waals surface area contributed by atoms with E-state index in [9.17, 15) is 4.79 Å². The van der Waals surface area contributed by atoms with E-state index in [1.807, 2.05) is 48.5 Å². The Hall–Kier alpha value is -1.93. The zero-order valence-electron chi connectivity index (χ0n) is 12.2. The van der Waals surface area contributed by atoms with E-state index in [1.54, 1.807) is 0 Å². The molecule has 21 heavy (non-hydrogen) atoms. The van der Waals surface area contributed by atoms with Crippen LogP contribution in [0.3, 0.4) is 0 Å². The SMILES string of the molecule is O=C(c1ccccc1)C(c1ccccc1)N1CCCCC1. The third-order valence-electron chi connectivity index (χ3n) is 4.18. The molecule has 1 aliphatic rings. The molecule has 2 aromatic carbocycles. The van der Waals surface area contributed by atoms with Crippen molar-refractivity contribution in [1.29, 1.82) is 0 Å². The number of ketones is 1. The van der Waals surface area contributed by atoms with E-state index >= 15 is 0 Å². The molecule has 0 radical (unpaired) electrons. The van der Waals surface area contributed by atoms with Crippen molar-refractivity contribution in [3.63, 3.8) is 0 Å². The topological polar surface area (TPSA) is 20.3 Å². The van der Waals surface area contributed by atoms with Gasteiger partial charge >= 0.3 is 0 Å². The van der Waals surface area contributed by atoms with Crippen LogP contribution in [-0.2, 0) is 0 Å². The Kier molecular flexibility index (Phi) is 4.46. The van der Waals surface area contributed by atoms with E-state index < -0.39 is 0 Å². The number of Topliss-reactive ketones (excluding diaryl/α,β-unsaturated/α-hetero) is 1. The summed E-state index contributed by atoms with van der Waals surface area (Å²) in [5.74, 6) is 0.212. The Morgan fingerprint density at radius 2 is 1.38 bits per heavy atom. The van der Waals surface area contributed by atoms with Gasteiger partial charge in [0.25, 0.3) is 0 Å². The minimum Gasteiger partial charge on any atom is -0.292 e. The summed E-state index contributed by atoms with van der Waals surface area (Å²) in [6.07, 6.45) is 3.65. The molecule has 0 amide bonds. The monoisotopic (exact) mass is 279 g/mol. The first-order valence-electron chi connectivity index (χ1n) is 7.74. The normalized spacial score (nSPS) is 17.3. The molecule has 1 atom stereocenters. The minimum atomic E-state index is -0.145. The highest BCUT2D eigenvalue weighted by molar-refractivity contribution is 6.00. The lowest BCUT2D eigenvalue weighted by Crippen LogP contribution is -2.38. The fraction of sp³-hybridized carbons (Fsp3) is 0.316. The number of hydrogen-bond acceptors (Lipinski definition) is 2. The molecule has 3 rings (SSSR count). The van der Waals surface area contributed by atoms with Crippen LogP contribution in [0.4, 0.5) is 0 Å². The van der Waals surface area contributed by atoms with Crippen molar-refractivity contribution in [2.45, 2.75) is 25.3 Å². The Balaban J connectivity index is 1.94. The van der Waals surface area contributed by atoms with Crippen molar-refractivity contribution >= 4 is 5.78 Å². The highest BCUT2D eigenvalue weighted by Crippen LogP contribution is 2.28. The minimum absolute atomic E-state index is 0.145. The average Bonchev–Trinajstić information content (AvgIpc) is 2.58. The molecule has 0 bridgehead atoms. The van der Waals surface area contributed by atoms with Gasteiger partial charge in [-0.25, -0.2) is 0 Å². The lowest BCUT2D eigenvalue weighted by atomic mass is 9.94. The van der Waals surface area contributed by atoms with E-state index in [0.29, 0.717) is 0 Å². The second kappa shape index (κ2) is 6.68. The lowest BCUT2D eigenvalue weighted by molar-refractivity contribution is 0.0783. The molecular formula is C19H21NO. The van der Waals surface area contributed by atoms with Crippen LogP contribution >= 0.6 is 0 Å².